The fourth-order valence-electron chi connectivity index (χ4n) is 1.20. The fourth-order valence-corrected chi connectivity index (χ4v) is 1.70. The second-order valence-electron chi connectivity index (χ2n) is 3.42. The number of benzene rings is 1. The van der Waals surface area contributed by atoms with Crippen LogP contribution >= 0.6 is 23.4 Å². The summed E-state index contributed by atoms with van der Waals surface area (Å²) in [5, 5.41) is 11.6. The van der Waals surface area contributed by atoms with Crippen LogP contribution in [0.3, 0.4) is 0 Å². The molecule has 0 spiro atoms. The van der Waals surface area contributed by atoms with Crippen LogP contribution in [-0.4, -0.2) is 17.2 Å². The molecule has 8 heteroatoms. The van der Waals surface area contributed by atoms with Crippen LogP contribution in [0.5, 0.6) is 0 Å². The highest BCUT2D eigenvalue weighted by Crippen LogP contribution is 2.29. The highest BCUT2D eigenvalue weighted by atomic mass is 35.5. The maximum absolute atomic E-state index is 11.9. The molecule has 3 nitrogen and oxygen atoms in total. The van der Waals surface area contributed by atoms with E-state index in [0.717, 1.165) is 0 Å². The molecule has 0 radical (unpaired) electrons. The molecule has 1 aromatic carbocycles. The summed E-state index contributed by atoms with van der Waals surface area (Å²) in [6.07, 6.45) is 0. The van der Waals surface area contributed by atoms with Crippen molar-refractivity contribution in [2.45, 2.75) is 11.6 Å². The van der Waals surface area contributed by atoms with E-state index in [1.165, 1.54) is 24.3 Å². The molecule has 1 aromatic rings. The van der Waals surface area contributed by atoms with E-state index >= 15 is 0 Å². The van der Waals surface area contributed by atoms with Gasteiger partial charge in [0.2, 0.25) is 5.91 Å². The van der Waals surface area contributed by atoms with Crippen LogP contribution in [0.15, 0.2) is 24.3 Å². The van der Waals surface area contributed by atoms with Gasteiger partial charge in [0.25, 0.3) is 0 Å². The van der Waals surface area contributed by atoms with Crippen LogP contribution in [0.25, 0.3) is 0 Å². The number of carbonyl (C=O) groups excluding carboxylic acids is 1. The van der Waals surface area contributed by atoms with Crippen molar-refractivity contribution in [3.63, 3.8) is 0 Å². The first-order valence-electron chi connectivity index (χ1n) is 4.97. The van der Waals surface area contributed by atoms with Gasteiger partial charge in [-0.1, -0.05) is 23.7 Å². The van der Waals surface area contributed by atoms with Crippen LogP contribution in [0.1, 0.15) is 11.6 Å². The van der Waals surface area contributed by atoms with Crippen molar-refractivity contribution >= 4 is 29.3 Å². The van der Waals surface area contributed by atoms with Gasteiger partial charge in [-0.05, 0) is 29.5 Å². The summed E-state index contributed by atoms with van der Waals surface area (Å²) in [5.41, 5.74) is -4.02. The molecule has 1 rings (SSSR count). The average molecular weight is 309 g/mol. The Labute approximate surface area is 116 Å². The second-order valence-corrected chi connectivity index (χ2v) is 4.89. The zero-order chi connectivity index (χ0) is 14.5. The molecule has 0 fully saturated rings. The number of thioether (sulfide) groups is 1. The van der Waals surface area contributed by atoms with Crippen molar-refractivity contribution in [2.75, 3.05) is 5.75 Å². The average Bonchev–Trinajstić information content (AvgIpc) is 2.34. The topological polar surface area (TPSA) is 52.9 Å². The van der Waals surface area contributed by atoms with E-state index < -0.39 is 35.0 Å². The van der Waals surface area contributed by atoms with E-state index in [9.17, 15) is 18.0 Å². The van der Waals surface area contributed by atoms with Crippen LogP contribution in [0.2, 0.25) is 5.02 Å². The Morgan fingerprint density at radius 3 is 2.47 bits per heavy atom. The zero-order valence-corrected chi connectivity index (χ0v) is 10.9. The van der Waals surface area contributed by atoms with Crippen molar-refractivity contribution in [1.82, 2.24) is 5.32 Å². The maximum Gasteiger partial charge on any atom is 0.442 e. The molecule has 19 heavy (non-hydrogen) atoms. The molecule has 0 aliphatic rings. The highest BCUT2D eigenvalue weighted by Gasteiger charge is 2.29. The van der Waals surface area contributed by atoms with E-state index in [2.05, 4.69) is 5.32 Å². The van der Waals surface area contributed by atoms with Gasteiger partial charge in [0.15, 0.2) is 0 Å². The van der Waals surface area contributed by atoms with E-state index in [-0.39, 0.29) is 0 Å². The van der Waals surface area contributed by atoms with Crippen molar-refractivity contribution in [1.29, 1.82) is 5.26 Å². The number of rotatable bonds is 4. The number of nitrogens with zero attached hydrogens (tertiary/aromatic N) is 1. The zero-order valence-electron chi connectivity index (χ0n) is 9.37. The first-order valence-corrected chi connectivity index (χ1v) is 6.33. The molecule has 1 unspecified atom stereocenters. The molecule has 1 amide bonds. The van der Waals surface area contributed by atoms with Crippen LogP contribution in [-0.2, 0) is 4.79 Å². The van der Waals surface area contributed by atoms with E-state index in [1.54, 1.807) is 6.07 Å². The lowest BCUT2D eigenvalue weighted by Gasteiger charge is -2.12. The second kappa shape index (κ2) is 6.68. The number of nitrogens with one attached hydrogen (secondary N) is 1. The predicted octanol–water partition coefficient (Wildman–Crippen LogP) is 3.27. The maximum atomic E-state index is 11.9. The van der Waals surface area contributed by atoms with Gasteiger partial charge in [0.1, 0.15) is 6.04 Å². The molecule has 0 aliphatic carbocycles. The van der Waals surface area contributed by atoms with Gasteiger partial charge < -0.3 is 5.32 Å². The number of hydrogen-bond acceptors (Lipinski definition) is 3. The third kappa shape index (κ3) is 5.85. The van der Waals surface area contributed by atoms with E-state index in [4.69, 9.17) is 16.9 Å². The molecular weight excluding hydrogens is 301 g/mol. The first kappa shape index (κ1) is 15.7. The quantitative estimate of drug-likeness (QED) is 0.928. The van der Waals surface area contributed by atoms with Crippen molar-refractivity contribution < 1.29 is 18.0 Å². The Bertz CT molecular complexity index is 484. The standard InChI is InChI=1S/C11H8ClF3N2OS/c12-8-3-1-7(2-4-8)9(5-16)17-10(18)6-19-11(13,14)15/h1-4,9H,6H2,(H,17,18). The van der Waals surface area contributed by atoms with Crippen LogP contribution < -0.4 is 5.32 Å². The van der Waals surface area contributed by atoms with Gasteiger partial charge in [-0.25, -0.2) is 0 Å². The Balaban J connectivity index is 2.60. The molecule has 102 valence electrons. The number of hydrogen-bond donors (Lipinski definition) is 1. The molecular formula is C11H8ClF3N2OS. The monoisotopic (exact) mass is 308 g/mol. The lowest BCUT2D eigenvalue weighted by Crippen LogP contribution is -2.30. The Morgan fingerprint density at radius 2 is 2.00 bits per heavy atom. The summed E-state index contributed by atoms with van der Waals surface area (Å²) >= 11 is 5.22. The van der Waals surface area contributed by atoms with Gasteiger partial charge in [-0.15, -0.1) is 0 Å². The van der Waals surface area contributed by atoms with E-state index in [1.807, 2.05) is 0 Å². The molecule has 1 N–H and O–H groups in total. The van der Waals surface area contributed by atoms with E-state index in [0.29, 0.717) is 10.6 Å². The Hall–Kier alpha value is -1.39. The Kier molecular flexibility index (Phi) is 5.51. The molecule has 0 saturated carbocycles. The minimum atomic E-state index is -4.47. The summed E-state index contributed by atoms with van der Waals surface area (Å²) in [6, 6.07) is 6.89. The van der Waals surface area contributed by atoms with Gasteiger partial charge in [-0.2, -0.15) is 18.4 Å². The number of carbonyl (C=O) groups is 1. The molecule has 0 aromatic heterocycles. The number of amides is 1. The fraction of sp³-hybridized carbons (Fsp3) is 0.273. The largest absolute Gasteiger partial charge is 0.442 e. The van der Waals surface area contributed by atoms with Gasteiger partial charge in [0.05, 0.1) is 11.8 Å². The highest BCUT2D eigenvalue weighted by molar-refractivity contribution is 8.00. The molecule has 0 saturated heterocycles. The summed E-state index contributed by atoms with van der Waals surface area (Å²) in [5.74, 6) is -1.64. The predicted molar refractivity (Wildman–Crippen MR) is 66.5 cm³/mol. The summed E-state index contributed by atoms with van der Waals surface area (Å²) in [7, 11) is 0. The third-order valence-electron chi connectivity index (χ3n) is 2.00. The minimum Gasteiger partial charge on any atom is -0.336 e. The third-order valence-corrected chi connectivity index (χ3v) is 2.99. The van der Waals surface area contributed by atoms with Crippen molar-refractivity contribution in [3.8, 4) is 6.07 Å². The smallest absolute Gasteiger partial charge is 0.336 e. The molecule has 0 bridgehead atoms. The number of alkyl halides is 3. The van der Waals surface area contributed by atoms with Gasteiger partial charge >= 0.3 is 5.51 Å². The lowest BCUT2D eigenvalue weighted by atomic mass is 10.1. The normalized spacial score (nSPS) is 12.6. The molecule has 1 atom stereocenters. The number of nitriles is 1. The van der Waals surface area contributed by atoms with Crippen molar-refractivity contribution in [2.24, 2.45) is 0 Å². The summed E-state index contributed by atoms with van der Waals surface area (Å²) < 4.78 is 35.7. The summed E-state index contributed by atoms with van der Waals surface area (Å²) in [4.78, 5) is 11.3. The first-order chi connectivity index (χ1) is 8.81. The van der Waals surface area contributed by atoms with Crippen LogP contribution in [0, 0.1) is 11.3 Å². The molecule has 0 aliphatic heterocycles. The van der Waals surface area contributed by atoms with Crippen LogP contribution in [0.4, 0.5) is 13.2 Å². The minimum absolute atomic E-state index is 0.451. The van der Waals surface area contributed by atoms with Gasteiger partial charge in [-0.3, -0.25) is 4.79 Å². The lowest BCUT2D eigenvalue weighted by molar-refractivity contribution is -0.119. The number of halogens is 4. The molecule has 0 heterocycles. The van der Waals surface area contributed by atoms with Gasteiger partial charge in [0, 0.05) is 5.02 Å². The summed E-state index contributed by atoms with van der Waals surface area (Å²) in [6.45, 7) is 0. The Morgan fingerprint density at radius 1 is 1.42 bits per heavy atom. The van der Waals surface area contributed by atoms with Crippen molar-refractivity contribution in [3.05, 3.63) is 34.9 Å². The SMILES string of the molecule is N#CC(NC(=O)CSC(F)(F)F)c1ccc(Cl)cc1.